The van der Waals surface area contributed by atoms with E-state index in [0.29, 0.717) is 36.1 Å². The molecule has 22 nitrogen and oxygen atoms in total. The zero-order valence-corrected chi connectivity index (χ0v) is 47.5. The predicted molar refractivity (Wildman–Crippen MR) is 305 cm³/mol. The second-order valence-electron chi connectivity index (χ2n) is 21.4. The lowest BCUT2D eigenvalue weighted by atomic mass is 9.69. The molecule has 2 aliphatic carbocycles. The molecule has 2 bridgehead atoms. The molecule has 0 saturated carbocycles. The van der Waals surface area contributed by atoms with Gasteiger partial charge in [-0.05, 0) is 98.6 Å². The fourth-order valence-corrected chi connectivity index (χ4v) is 12.1. The molecule has 2 fully saturated rings. The summed E-state index contributed by atoms with van der Waals surface area (Å²) in [5.74, 6) is 7.11. The minimum absolute atomic E-state index is 0.0196. The number of hydrogen-bond acceptors (Lipinski definition) is 16. The molecule has 0 spiro atoms. The quantitative estimate of drug-likeness (QED) is 0.0156. The van der Waals surface area contributed by atoms with Crippen LogP contribution in [-0.4, -0.2) is 133 Å². The van der Waals surface area contributed by atoms with Crippen molar-refractivity contribution in [2.45, 2.75) is 151 Å². The van der Waals surface area contributed by atoms with Crippen LogP contribution >= 0.6 is 11.8 Å². The largest absolute Gasteiger partial charge is 0.507 e. The number of ketones is 2. The topological polar surface area (TPSA) is 338 Å². The van der Waals surface area contributed by atoms with Gasteiger partial charge in [-0.1, -0.05) is 76.0 Å². The number of carbonyl (C=O) groups is 9. The van der Waals surface area contributed by atoms with E-state index in [4.69, 9.17) is 15.2 Å². The number of urea groups is 1. The monoisotopic (exact) mass is 1160 g/mol. The van der Waals surface area contributed by atoms with Crippen LogP contribution in [-0.2, 0) is 52.2 Å². The number of carbonyl (C=O) groups excluding carboxylic acids is 9. The Morgan fingerprint density at radius 1 is 0.880 bits per heavy atom. The minimum atomic E-state index is -1.71. The highest BCUT2D eigenvalue weighted by Gasteiger charge is 2.82. The maximum atomic E-state index is 14.4. The van der Waals surface area contributed by atoms with Gasteiger partial charge in [-0.25, -0.2) is 9.59 Å². The number of nitrogens with zero attached hydrogens (tertiary/aromatic N) is 1. The number of aromatic hydroxyl groups is 1. The highest BCUT2D eigenvalue weighted by molar-refractivity contribution is 8.01. The van der Waals surface area contributed by atoms with Crippen molar-refractivity contribution in [1.29, 1.82) is 0 Å². The first-order valence-corrected chi connectivity index (χ1v) is 28.6. The number of likely N-dealkylation sites (tertiary alicyclic amines) is 1. The molecule has 3 aromatic carbocycles. The SMILES string of the molecule is CCC(C)SC1CC(=O)N(CCCCCC(=O)N[C@H](C(=O)N[C@@H](CCCNC(N)=O)C(=O)Nc2ccc(COC(=O)NCc3ccc4c(c3)C(=O)c3c(O)cc5c(c3C4=O)N[C@H]3C#C/C=C\C#C[C@@H](O)[C@@]54O[C@@]34[C@@H](C)O)cc2)C(C)C)C1=O. The second kappa shape index (κ2) is 25.9. The number of allylic oxidation sites excluding steroid dienone is 2. The standard InChI is InChI=1S/C60H68N8O14S/c1-6-33(4)83-43-29-47(73)68(56(43)78)26-13-9-12-18-46(72)67-50(32(2)3)55(77)65-41(15-14-25-62-57(61)79)54(76)64-37-22-19-35(20-23-37)31-81-58(80)63-30-36-21-24-38-39(27-36)53(75)48-42(70)28-40-51(49(48)52(38)74)66-44-16-10-7-8-11-17-45(71)60(40)59(44,82-60)34(5)69/h7-8,19-24,27-28,32-34,41,43-45,50,66,69-71H,6,9,12-15,18,25-26,29-31H2,1-5H3,(H,63,80)(H,64,76)(H,65,77)(H,67,72)(H3,61,62,79)/b8-7-/t33?,34-,41+,43?,44+,45-,50+,59+,60+/m1/s1. The molecular weight excluding hydrogens is 1090 g/mol. The van der Waals surface area contributed by atoms with E-state index < -0.39 is 82.8 Å². The van der Waals surface area contributed by atoms with Crippen molar-refractivity contribution in [2.24, 2.45) is 11.7 Å². The van der Waals surface area contributed by atoms with Crippen LogP contribution in [0, 0.1) is 29.6 Å². The number of phenolic OH excluding ortho intramolecular Hbond substituents is 1. The average Bonchev–Trinajstić information content (AvgIpc) is 1.50. The van der Waals surface area contributed by atoms with E-state index >= 15 is 0 Å². The molecular formula is C60H68N8O14S. The van der Waals surface area contributed by atoms with Gasteiger partial charge in [0.2, 0.25) is 29.5 Å². The van der Waals surface area contributed by atoms with Gasteiger partial charge in [-0.3, -0.25) is 38.5 Å². The zero-order chi connectivity index (χ0) is 59.9. The lowest BCUT2D eigenvalue weighted by molar-refractivity contribution is -0.138. The number of hydrogen-bond donors (Lipinski definition) is 10. The van der Waals surface area contributed by atoms with Gasteiger partial charge in [-0.2, -0.15) is 0 Å². The number of imide groups is 1. The van der Waals surface area contributed by atoms with Crippen molar-refractivity contribution in [1.82, 2.24) is 26.2 Å². The summed E-state index contributed by atoms with van der Waals surface area (Å²) < 4.78 is 11.7. The average molecular weight is 1160 g/mol. The van der Waals surface area contributed by atoms with E-state index in [-0.39, 0.29) is 120 Å². The number of aliphatic hydroxyl groups excluding tert-OH is 2. The van der Waals surface area contributed by atoms with Crippen LogP contribution in [0.5, 0.6) is 5.75 Å². The third-order valence-corrected chi connectivity index (χ3v) is 16.9. The smallest absolute Gasteiger partial charge is 0.407 e. The molecule has 5 aliphatic rings. The van der Waals surface area contributed by atoms with Gasteiger partial charge in [0.25, 0.3) is 0 Å². The molecule has 9 atom stereocenters. The number of alkyl carbamates (subject to hydrolysis) is 1. The summed E-state index contributed by atoms with van der Waals surface area (Å²) in [6, 6.07) is 8.18. The Bertz CT molecular complexity index is 3270. The number of fused-ring (bicyclic) bond motifs is 4. The highest BCUT2D eigenvalue weighted by Crippen LogP contribution is 2.67. The first-order valence-electron chi connectivity index (χ1n) is 27.7. The predicted octanol–water partition coefficient (Wildman–Crippen LogP) is 3.90. The van der Waals surface area contributed by atoms with Gasteiger partial charge < -0.3 is 62.4 Å². The van der Waals surface area contributed by atoms with E-state index in [1.54, 1.807) is 44.2 Å². The van der Waals surface area contributed by atoms with Crippen molar-refractivity contribution >= 4 is 76.4 Å². The molecule has 0 aromatic heterocycles. The normalized spacial score (nSPS) is 22.4. The maximum absolute atomic E-state index is 14.4. The minimum Gasteiger partial charge on any atom is -0.507 e. The Morgan fingerprint density at radius 3 is 2.29 bits per heavy atom. The van der Waals surface area contributed by atoms with Crippen LogP contribution < -0.4 is 37.6 Å². The third-order valence-electron chi connectivity index (χ3n) is 15.4. The van der Waals surface area contributed by atoms with E-state index in [0.717, 1.165) is 6.42 Å². The molecule has 3 heterocycles. The lowest BCUT2D eigenvalue weighted by Gasteiger charge is -2.37. The molecule has 2 saturated heterocycles. The number of ether oxygens (including phenoxy) is 2. The molecule has 8 amide bonds. The fraction of sp³-hybridized carbons (Fsp3) is 0.450. The molecule has 11 N–H and O–H groups in total. The number of thioether (sulfide) groups is 1. The van der Waals surface area contributed by atoms with Gasteiger partial charge in [0, 0.05) is 60.1 Å². The summed E-state index contributed by atoms with van der Waals surface area (Å²) in [7, 11) is 0. The number of benzene rings is 3. The van der Waals surface area contributed by atoms with Crippen molar-refractivity contribution in [3.05, 3.63) is 99.6 Å². The first kappa shape index (κ1) is 60.9. The summed E-state index contributed by atoms with van der Waals surface area (Å²) in [6.07, 6.45) is 2.48. The van der Waals surface area contributed by atoms with E-state index in [2.05, 4.69) is 55.6 Å². The number of nitrogens with one attached hydrogen (secondary N) is 6. The van der Waals surface area contributed by atoms with E-state index in [1.807, 2.05) is 13.8 Å². The number of nitrogens with two attached hydrogens (primary N) is 1. The molecule has 8 rings (SSSR count). The van der Waals surface area contributed by atoms with Crippen LogP contribution in [0.3, 0.4) is 0 Å². The third kappa shape index (κ3) is 12.9. The molecule has 0 radical (unpaired) electrons. The number of aliphatic hydroxyl groups is 2. The number of rotatable bonds is 24. The van der Waals surface area contributed by atoms with Crippen LogP contribution in [0.2, 0.25) is 0 Å². The summed E-state index contributed by atoms with van der Waals surface area (Å²) >= 11 is 1.52. The molecule has 23 heteroatoms. The Kier molecular flexibility index (Phi) is 19.0. The van der Waals surface area contributed by atoms with Crippen LogP contribution in [0.25, 0.3) is 0 Å². The lowest BCUT2D eigenvalue weighted by Crippen LogP contribution is -2.54. The van der Waals surface area contributed by atoms with Crippen molar-refractivity contribution < 1.29 is 67.9 Å². The number of primary amides is 1. The van der Waals surface area contributed by atoms with E-state index in [9.17, 15) is 58.5 Å². The van der Waals surface area contributed by atoms with Crippen molar-refractivity contribution in [3.8, 4) is 29.4 Å². The Labute approximate surface area is 484 Å². The number of amides is 8. The Morgan fingerprint density at radius 2 is 1.59 bits per heavy atom. The van der Waals surface area contributed by atoms with Crippen LogP contribution in [0.1, 0.15) is 135 Å². The Balaban J connectivity index is 0.827. The van der Waals surface area contributed by atoms with Gasteiger partial charge >= 0.3 is 12.1 Å². The summed E-state index contributed by atoms with van der Waals surface area (Å²) in [4.78, 5) is 120. The molecule has 438 valence electrons. The van der Waals surface area contributed by atoms with Crippen LogP contribution in [0.15, 0.2) is 60.7 Å². The fourth-order valence-electron chi connectivity index (χ4n) is 10.8. The summed E-state index contributed by atoms with van der Waals surface area (Å²) in [5.41, 5.74) is 3.09. The first-order chi connectivity index (χ1) is 39.6. The van der Waals surface area contributed by atoms with Gasteiger partial charge in [0.1, 0.15) is 30.5 Å². The van der Waals surface area contributed by atoms with Crippen LogP contribution in [0.4, 0.5) is 21.0 Å². The molecule has 3 aliphatic heterocycles. The van der Waals surface area contributed by atoms with Crippen molar-refractivity contribution in [3.63, 3.8) is 0 Å². The van der Waals surface area contributed by atoms with Crippen molar-refractivity contribution in [2.75, 3.05) is 23.7 Å². The second-order valence-corrected chi connectivity index (χ2v) is 23.1. The zero-order valence-electron chi connectivity index (χ0n) is 46.6. The number of epoxide rings is 1. The molecule has 2 unspecified atom stereocenters. The number of phenols is 1. The summed E-state index contributed by atoms with van der Waals surface area (Å²) in [5, 5.41) is 50.4. The summed E-state index contributed by atoms with van der Waals surface area (Å²) in [6.45, 7) is 9.15. The molecule has 83 heavy (non-hydrogen) atoms. The van der Waals surface area contributed by atoms with Gasteiger partial charge in [0.05, 0.1) is 28.2 Å². The molecule has 3 aromatic rings. The number of anilines is 2. The highest BCUT2D eigenvalue weighted by atomic mass is 32.2. The van der Waals surface area contributed by atoms with E-state index in [1.165, 1.54) is 53.9 Å². The van der Waals surface area contributed by atoms with Gasteiger partial charge in [-0.15, -0.1) is 11.8 Å². The van der Waals surface area contributed by atoms with Gasteiger partial charge in [0.15, 0.2) is 28.9 Å². The Hall–Kier alpha value is -8.22. The number of unbranched alkanes of at least 4 members (excludes halogenated alkanes) is 2. The maximum Gasteiger partial charge on any atom is 0.407 e.